The molecule has 0 radical (unpaired) electrons. The van der Waals surface area contributed by atoms with Crippen LogP contribution in [0.4, 0.5) is 5.69 Å². The normalized spacial score (nSPS) is 10.6. The number of hydrogen-bond donors (Lipinski definition) is 1. The molecule has 0 heterocycles. The summed E-state index contributed by atoms with van der Waals surface area (Å²) < 4.78 is 0. The molecule has 0 aliphatic carbocycles. The lowest BCUT2D eigenvalue weighted by Crippen LogP contribution is -2.03. The van der Waals surface area contributed by atoms with Crippen LogP contribution in [-0.4, -0.2) is 0 Å². The fourth-order valence-electron chi connectivity index (χ4n) is 3.03. The van der Waals surface area contributed by atoms with E-state index >= 15 is 0 Å². The zero-order valence-corrected chi connectivity index (χ0v) is 16.0. The molecular weight excluding hydrogens is 314 g/mol. The summed E-state index contributed by atoms with van der Waals surface area (Å²) in [6, 6.07) is 23.9. The zero-order chi connectivity index (χ0) is 18.5. The van der Waals surface area contributed by atoms with Gasteiger partial charge >= 0.3 is 0 Å². The molecule has 0 aliphatic heterocycles. The van der Waals surface area contributed by atoms with Gasteiger partial charge in [-0.05, 0) is 48.6 Å². The lowest BCUT2D eigenvalue weighted by Gasteiger charge is -2.16. The highest BCUT2D eigenvalue weighted by Gasteiger charge is 2.09. The molecule has 132 valence electrons. The van der Waals surface area contributed by atoms with Crippen molar-refractivity contribution in [2.45, 2.75) is 33.7 Å². The lowest BCUT2D eigenvalue weighted by atomic mass is 9.95. The molecular formula is C25H27N. The molecule has 0 saturated carbocycles. The Labute approximate surface area is 157 Å². The molecule has 1 nitrogen and oxygen atoms in total. The van der Waals surface area contributed by atoms with Crippen molar-refractivity contribution in [1.29, 1.82) is 0 Å². The monoisotopic (exact) mass is 341 g/mol. The van der Waals surface area contributed by atoms with Crippen molar-refractivity contribution in [2.24, 2.45) is 0 Å². The number of benzene rings is 3. The van der Waals surface area contributed by atoms with E-state index in [-0.39, 0.29) is 0 Å². The van der Waals surface area contributed by atoms with E-state index in [9.17, 15) is 0 Å². The fourth-order valence-corrected chi connectivity index (χ4v) is 3.03. The van der Waals surface area contributed by atoms with E-state index in [4.69, 9.17) is 0 Å². The van der Waals surface area contributed by atoms with Crippen LogP contribution in [0.25, 0.3) is 5.57 Å². The maximum atomic E-state index is 4.37. The van der Waals surface area contributed by atoms with E-state index in [2.05, 4.69) is 99.4 Å². The van der Waals surface area contributed by atoms with Crippen molar-refractivity contribution in [1.82, 2.24) is 0 Å². The van der Waals surface area contributed by atoms with Crippen molar-refractivity contribution in [3.8, 4) is 0 Å². The quantitative estimate of drug-likeness (QED) is 0.537. The summed E-state index contributed by atoms with van der Waals surface area (Å²) in [7, 11) is 0. The van der Waals surface area contributed by atoms with Gasteiger partial charge in [-0.15, -0.1) is 0 Å². The molecule has 3 aromatic rings. The van der Waals surface area contributed by atoms with Crippen molar-refractivity contribution in [3.05, 3.63) is 107 Å². The van der Waals surface area contributed by atoms with Gasteiger partial charge in [-0.25, -0.2) is 0 Å². The van der Waals surface area contributed by atoms with Crippen molar-refractivity contribution >= 4 is 11.3 Å². The molecule has 0 aliphatic rings. The number of rotatable bonds is 6. The topological polar surface area (TPSA) is 12.0 Å². The Morgan fingerprint density at radius 2 is 1.38 bits per heavy atom. The van der Waals surface area contributed by atoms with E-state index in [1.807, 2.05) is 0 Å². The number of nitrogens with one attached hydrogen (secondary N) is 1. The largest absolute Gasteiger partial charge is 0.380 e. The van der Waals surface area contributed by atoms with E-state index in [1.165, 1.54) is 27.8 Å². The van der Waals surface area contributed by atoms with Crippen LogP contribution in [0.15, 0.2) is 73.3 Å². The second-order valence-corrected chi connectivity index (χ2v) is 6.92. The molecule has 3 rings (SSSR count). The predicted molar refractivity (Wildman–Crippen MR) is 114 cm³/mol. The molecule has 1 heteroatoms. The highest BCUT2D eigenvalue weighted by molar-refractivity contribution is 5.85. The maximum absolute atomic E-state index is 4.37. The molecule has 26 heavy (non-hydrogen) atoms. The van der Waals surface area contributed by atoms with Gasteiger partial charge in [0.15, 0.2) is 0 Å². The maximum Gasteiger partial charge on any atom is 0.0425 e. The Balaban J connectivity index is 1.88. The minimum atomic E-state index is 0.807. The molecule has 0 bridgehead atoms. The van der Waals surface area contributed by atoms with Crippen LogP contribution in [0.5, 0.6) is 0 Å². The number of hydrogen-bond acceptors (Lipinski definition) is 1. The predicted octanol–water partition coefficient (Wildman–Crippen LogP) is 6.54. The highest BCUT2D eigenvalue weighted by Crippen LogP contribution is 2.30. The van der Waals surface area contributed by atoms with Gasteiger partial charge < -0.3 is 5.32 Å². The van der Waals surface area contributed by atoms with Gasteiger partial charge in [-0.1, -0.05) is 85.3 Å². The lowest BCUT2D eigenvalue weighted by molar-refractivity contribution is 1.11. The van der Waals surface area contributed by atoms with E-state index in [0.29, 0.717) is 0 Å². The summed E-state index contributed by atoms with van der Waals surface area (Å²) in [6.45, 7) is 11.6. The summed E-state index contributed by atoms with van der Waals surface area (Å²) in [4.78, 5) is 0. The molecule has 0 atom stereocenters. The minimum Gasteiger partial charge on any atom is -0.380 e. The van der Waals surface area contributed by atoms with Crippen molar-refractivity contribution in [2.75, 3.05) is 5.32 Å². The standard InChI is InChI=1S/C25H27N/c1-5-21-12-15-24(20(4)23-13-8-19(3)9-14-23)25(16-21)26-17-22-10-6-18(2)7-11-22/h6-16,26H,4-5,17H2,1-3H3. The Morgan fingerprint density at radius 3 is 2.00 bits per heavy atom. The van der Waals surface area contributed by atoms with E-state index in [0.717, 1.165) is 29.8 Å². The van der Waals surface area contributed by atoms with Crippen LogP contribution in [0.3, 0.4) is 0 Å². The summed E-state index contributed by atoms with van der Waals surface area (Å²) >= 11 is 0. The molecule has 0 aromatic heterocycles. The first-order valence-electron chi connectivity index (χ1n) is 9.25. The third-order valence-corrected chi connectivity index (χ3v) is 4.82. The van der Waals surface area contributed by atoms with Crippen molar-refractivity contribution < 1.29 is 0 Å². The summed E-state index contributed by atoms with van der Waals surface area (Å²) in [5.74, 6) is 0. The van der Waals surface area contributed by atoms with Gasteiger partial charge in [0.25, 0.3) is 0 Å². The van der Waals surface area contributed by atoms with E-state index < -0.39 is 0 Å². The second kappa shape index (κ2) is 8.05. The zero-order valence-electron chi connectivity index (χ0n) is 16.0. The van der Waals surface area contributed by atoms with Gasteiger partial charge in [0, 0.05) is 17.8 Å². The van der Waals surface area contributed by atoms with Crippen LogP contribution in [0.1, 0.15) is 40.3 Å². The number of aryl methyl sites for hydroxylation is 3. The first kappa shape index (κ1) is 18.0. The average Bonchev–Trinajstić information content (AvgIpc) is 2.67. The average molecular weight is 341 g/mol. The van der Waals surface area contributed by atoms with Crippen LogP contribution in [0.2, 0.25) is 0 Å². The molecule has 0 spiro atoms. The summed E-state index contributed by atoms with van der Waals surface area (Å²) in [6.07, 6.45) is 1.02. The van der Waals surface area contributed by atoms with Crippen LogP contribution in [0, 0.1) is 13.8 Å². The molecule has 0 unspecified atom stereocenters. The van der Waals surface area contributed by atoms with Gasteiger partial charge in [0.2, 0.25) is 0 Å². The first-order chi connectivity index (χ1) is 12.6. The highest BCUT2D eigenvalue weighted by atomic mass is 14.9. The molecule has 1 N–H and O–H groups in total. The smallest absolute Gasteiger partial charge is 0.0425 e. The molecule has 3 aromatic carbocycles. The summed E-state index contributed by atoms with van der Waals surface area (Å²) in [5, 5.41) is 3.62. The Kier molecular flexibility index (Phi) is 5.58. The molecule has 0 amide bonds. The van der Waals surface area contributed by atoms with Gasteiger partial charge in [0.1, 0.15) is 0 Å². The second-order valence-electron chi connectivity index (χ2n) is 6.92. The van der Waals surface area contributed by atoms with Gasteiger partial charge in [-0.3, -0.25) is 0 Å². The Bertz CT molecular complexity index is 886. The van der Waals surface area contributed by atoms with Crippen LogP contribution < -0.4 is 5.32 Å². The molecule has 0 fully saturated rings. The third kappa shape index (κ3) is 4.23. The van der Waals surface area contributed by atoms with Crippen molar-refractivity contribution in [3.63, 3.8) is 0 Å². The number of anilines is 1. The summed E-state index contributed by atoms with van der Waals surface area (Å²) in [5.41, 5.74) is 9.70. The Morgan fingerprint density at radius 1 is 0.808 bits per heavy atom. The molecule has 0 saturated heterocycles. The van der Waals surface area contributed by atoms with Gasteiger partial charge in [0.05, 0.1) is 0 Å². The Hall–Kier alpha value is -2.80. The first-order valence-corrected chi connectivity index (χ1v) is 9.25. The van der Waals surface area contributed by atoms with E-state index in [1.54, 1.807) is 0 Å². The van der Waals surface area contributed by atoms with Gasteiger partial charge in [-0.2, -0.15) is 0 Å². The van der Waals surface area contributed by atoms with Crippen LogP contribution in [-0.2, 0) is 13.0 Å². The SMILES string of the molecule is C=C(c1ccc(C)cc1)c1ccc(CC)cc1NCc1ccc(C)cc1. The fraction of sp³-hybridized carbons (Fsp3) is 0.200. The third-order valence-electron chi connectivity index (χ3n) is 4.82. The van der Waals surface area contributed by atoms with Crippen LogP contribution >= 0.6 is 0 Å². The minimum absolute atomic E-state index is 0.807.